The molecule has 1 saturated heterocycles. The van der Waals surface area contributed by atoms with Crippen LogP contribution in [0.15, 0.2) is 30.5 Å². The number of benzene rings is 1. The van der Waals surface area contributed by atoms with Gasteiger partial charge in [-0.2, -0.15) is 0 Å². The molecule has 0 spiro atoms. The zero-order valence-corrected chi connectivity index (χ0v) is 12.4. The van der Waals surface area contributed by atoms with Crippen LogP contribution < -0.4 is 5.73 Å². The fourth-order valence-corrected chi connectivity index (χ4v) is 2.76. The van der Waals surface area contributed by atoms with Crippen LogP contribution in [-0.2, 0) is 0 Å². The lowest BCUT2D eigenvalue weighted by atomic mass is 9.98. The molecule has 0 radical (unpaired) electrons. The van der Waals surface area contributed by atoms with Crippen molar-refractivity contribution in [3.63, 3.8) is 0 Å². The Labute approximate surface area is 130 Å². The quantitative estimate of drug-likeness (QED) is 0.877. The molecule has 3 rings (SSSR count). The first kappa shape index (κ1) is 15.7. The van der Waals surface area contributed by atoms with Gasteiger partial charge in [0.1, 0.15) is 11.6 Å². The molecule has 1 unspecified atom stereocenters. The Balaban J connectivity index is 1.97. The summed E-state index contributed by atoms with van der Waals surface area (Å²) in [5, 5.41) is 0. The Bertz CT molecular complexity index is 740. The van der Waals surface area contributed by atoms with Crippen LogP contribution in [0.25, 0.3) is 11.1 Å². The third kappa shape index (κ3) is 2.88. The van der Waals surface area contributed by atoms with E-state index in [4.69, 9.17) is 5.73 Å². The van der Waals surface area contributed by atoms with E-state index in [0.29, 0.717) is 11.3 Å². The number of halogens is 4. The first-order chi connectivity index (χ1) is 10.8. The maximum atomic E-state index is 14.0. The van der Waals surface area contributed by atoms with Gasteiger partial charge in [-0.15, -0.1) is 0 Å². The lowest BCUT2D eigenvalue weighted by Gasteiger charge is -2.42. The maximum absolute atomic E-state index is 14.0. The molecule has 0 aliphatic carbocycles. The molecule has 23 heavy (non-hydrogen) atoms. The Morgan fingerprint density at radius 2 is 1.87 bits per heavy atom. The molecule has 2 aromatic rings. The SMILES string of the molecule is CC(c1nccc(-c2cc(F)ccc2F)c1N)N1CC(F)(F)C1. The summed E-state index contributed by atoms with van der Waals surface area (Å²) in [5.74, 6) is -3.90. The van der Waals surface area contributed by atoms with Crippen LogP contribution in [0.3, 0.4) is 0 Å². The van der Waals surface area contributed by atoms with Crippen LogP contribution in [0.4, 0.5) is 23.2 Å². The molecule has 1 fully saturated rings. The third-order valence-electron chi connectivity index (χ3n) is 4.05. The second kappa shape index (κ2) is 5.49. The van der Waals surface area contributed by atoms with Gasteiger partial charge in [0.25, 0.3) is 5.92 Å². The van der Waals surface area contributed by atoms with Crippen molar-refractivity contribution in [2.75, 3.05) is 18.8 Å². The molecule has 0 saturated carbocycles. The highest BCUT2D eigenvalue weighted by Crippen LogP contribution is 2.38. The predicted molar refractivity (Wildman–Crippen MR) is 78.9 cm³/mol. The van der Waals surface area contributed by atoms with Gasteiger partial charge >= 0.3 is 0 Å². The summed E-state index contributed by atoms with van der Waals surface area (Å²) in [6.45, 7) is 0.974. The molecular formula is C16H15F4N3. The molecule has 2 N–H and O–H groups in total. The highest BCUT2D eigenvalue weighted by molar-refractivity contribution is 5.78. The summed E-state index contributed by atoms with van der Waals surface area (Å²) in [5.41, 5.74) is 6.91. The Hall–Kier alpha value is -2.15. The number of hydrogen-bond acceptors (Lipinski definition) is 3. The Morgan fingerprint density at radius 3 is 2.52 bits per heavy atom. The molecular weight excluding hydrogens is 310 g/mol. The van der Waals surface area contributed by atoms with Crippen LogP contribution >= 0.6 is 0 Å². The predicted octanol–water partition coefficient (Wildman–Crippen LogP) is 3.62. The second-order valence-corrected chi connectivity index (χ2v) is 5.72. The molecule has 7 heteroatoms. The molecule has 1 aliphatic rings. The van der Waals surface area contributed by atoms with Gasteiger partial charge in [-0.3, -0.25) is 9.88 Å². The van der Waals surface area contributed by atoms with Gasteiger partial charge < -0.3 is 5.73 Å². The number of aromatic nitrogens is 1. The normalized spacial score (nSPS) is 18.5. The van der Waals surface area contributed by atoms with E-state index >= 15 is 0 Å². The lowest BCUT2D eigenvalue weighted by Crippen LogP contribution is -2.56. The molecule has 0 bridgehead atoms. The smallest absolute Gasteiger partial charge is 0.272 e. The van der Waals surface area contributed by atoms with Crippen molar-refractivity contribution in [1.82, 2.24) is 9.88 Å². The van der Waals surface area contributed by atoms with Gasteiger partial charge in [0.15, 0.2) is 0 Å². The van der Waals surface area contributed by atoms with Crippen LogP contribution in [0.1, 0.15) is 18.7 Å². The van der Waals surface area contributed by atoms with Crippen molar-refractivity contribution >= 4 is 5.69 Å². The number of alkyl halides is 2. The maximum Gasteiger partial charge on any atom is 0.272 e. The summed E-state index contributed by atoms with van der Waals surface area (Å²) < 4.78 is 53.4. The lowest BCUT2D eigenvalue weighted by molar-refractivity contribution is -0.144. The van der Waals surface area contributed by atoms with E-state index in [0.717, 1.165) is 18.2 Å². The van der Waals surface area contributed by atoms with E-state index in [2.05, 4.69) is 4.98 Å². The highest BCUT2D eigenvalue weighted by Gasteiger charge is 2.46. The van der Waals surface area contributed by atoms with Gasteiger partial charge in [-0.05, 0) is 31.2 Å². The number of pyridine rings is 1. The minimum absolute atomic E-state index is 0.0206. The van der Waals surface area contributed by atoms with Crippen molar-refractivity contribution in [3.8, 4) is 11.1 Å². The third-order valence-corrected chi connectivity index (χ3v) is 4.05. The first-order valence-electron chi connectivity index (χ1n) is 7.10. The molecule has 122 valence electrons. The van der Waals surface area contributed by atoms with Crippen molar-refractivity contribution in [2.45, 2.75) is 18.9 Å². The number of nitrogens with zero attached hydrogens (tertiary/aromatic N) is 2. The van der Waals surface area contributed by atoms with Gasteiger partial charge in [-0.25, -0.2) is 17.6 Å². The van der Waals surface area contributed by atoms with Crippen molar-refractivity contribution in [1.29, 1.82) is 0 Å². The Kier molecular flexibility index (Phi) is 3.75. The van der Waals surface area contributed by atoms with E-state index in [-0.39, 0.29) is 24.3 Å². The van der Waals surface area contributed by atoms with E-state index in [1.807, 2.05) is 0 Å². The monoisotopic (exact) mass is 325 g/mol. The van der Waals surface area contributed by atoms with Crippen LogP contribution in [0.2, 0.25) is 0 Å². The summed E-state index contributed by atoms with van der Waals surface area (Å²) in [6, 6.07) is 4.12. The van der Waals surface area contributed by atoms with Gasteiger partial charge in [0.05, 0.1) is 30.5 Å². The van der Waals surface area contributed by atoms with Crippen LogP contribution in [0.5, 0.6) is 0 Å². The number of likely N-dealkylation sites (tertiary alicyclic amines) is 1. The Morgan fingerprint density at radius 1 is 1.17 bits per heavy atom. The summed E-state index contributed by atoms with van der Waals surface area (Å²) >= 11 is 0. The zero-order chi connectivity index (χ0) is 16.8. The molecule has 3 nitrogen and oxygen atoms in total. The summed E-state index contributed by atoms with van der Waals surface area (Å²) in [6.07, 6.45) is 1.42. The minimum atomic E-state index is -2.70. The highest BCUT2D eigenvalue weighted by atomic mass is 19.3. The van der Waals surface area contributed by atoms with Crippen LogP contribution in [-0.4, -0.2) is 28.9 Å². The molecule has 1 aromatic carbocycles. The largest absolute Gasteiger partial charge is 0.397 e. The van der Waals surface area contributed by atoms with E-state index in [1.165, 1.54) is 17.2 Å². The number of nitrogens with two attached hydrogens (primary N) is 1. The molecule has 2 heterocycles. The number of anilines is 1. The topological polar surface area (TPSA) is 42.1 Å². The average molecular weight is 325 g/mol. The number of hydrogen-bond donors (Lipinski definition) is 1. The van der Waals surface area contributed by atoms with Crippen molar-refractivity contribution < 1.29 is 17.6 Å². The minimum Gasteiger partial charge on any atom is -0.397 e. The summed E-state index contributed by atoms with van der Waals surface area (Å²) in [4.78, 5) is 5.67. The zero-order valence-electron chi connectivity index (χ0n) is 12.4. The van der Waals surface area contributed by atoms with E-state index < -0.39 is 23.6 Å². The number of rotatable bonds is 3. The van der Waals surface area contributed by atoms with Gasteiger partial charge in [0, 0.05) is 17.3 Å². The fourth-order valence-electron chi connectivity index (χ4n) is 2.76. The number of nitrogen functional groups attached to an aromatic ring is 1. The fraction of sp³-hybridized carbons (Fsp3) is 0.312. The first-order valence-corrected chi connectivity index (χ1v) is 7.10. The second-order valence-electron chi connectivity index (χ2n) is 5.72. The summed E-state index contributed by atoms with van der Waals surface area (Å²) in [7, 11) is 0. The van der Waals surface area contributed by atoms with Crippen molar-refractivity contribution in [2.24, 2.45) is 0 Å². The molecule has 1 atom stereocenters. The van der Waals surface area contributed by atoms with Gasteiger partial charge in [0.2, 0.25) is 0 Å². The van der Waals surface area contributed by atoms with Crippen LogP contribution in [0, 0.1) is 11.6 Å². The van der Waals surface area contributed by atoms with Gasteiger partial charge in [-0.1, -0.05) is 0 Å². The van der Waals surface area contributed by atoms with E-state index in [1.54, 1.807) is 6.92 Å². The molecule has 1 aromatic heterocycles. The molecule has 0 amide bonds. The average Bonchev–Trinajstić information content (AvgIpc) is 2.47. The van der Waals surface area contributed by atoms with Crippen molar-refractivity contribution in [3.05, 3.63) is 47.8 Å². The molecule has 1 aliphatic heterocycles. The van der Waals surface area contributed by atoms with E-state index in [9.17, 15) is 17.6 Å². The standard InChI is InChI=1S/C16H15F4N3/c1-9(23-7-16(19,20)8-23)15-14(21)11(4-5-22-15)12-6-10(17)2-3-13(12)18/h2-6,9H,7-8,21H2,1H3.